The second-order valence-electron chi connectivity index (χ2n) is 4.15. The lowest BCUT2D eigenvalue weighted by Gasteiger charge is -2.36. The summed E-state index contributed by atoms with van der Waals surface area (Å²) in [4.78, 5) is 0. The van der Waals surface area contributed by atoms with Gasteiger partial charge < -0.3 is 9.47 Å². The van der Waals surface area contributed by atoms with E-state index in [0.717, 1.165) is 37.7 Å². The van der Waals surface area contributed by atoms with Gasteiger partial charge >= 0.3 is 0 Å². The number of hydrogen-bond donors (Lipinski definition) is 2. The summed E-state index contributed by atoms with van der Waals surface area (Å²) in [7, 11) is 0. The molecule has 0 spiro atoms. The Hall–Kier alpha value is 0.190. The number of nitrogens with one attached hydrogen (secondary N) is 1. The molecule has 88 valence electrons. The Labute approximate surface area is 95.2 Å². The number of thioether (sulfide) groups is 1. The van der Waals surface area contributed by atoms with Crippen LogP contribution in [0.15, 0.2) is 0 Å². The number of ether oxygens (including phenoxy) is 2. The van der Waals surface area contributed by atoms with Crippen molar-refractivity contribution in [3.05, 3.63) is 0 Å². The van der Waals surface area contributed by atoms with Gasteiger partial charge in [-0.15, -0.1) is 0 Å². The molecule has 15 heavy (non-hydrogen) atoms. The van der Waals surface area contributed by atoms with Crippen LogP contribution in [0.1, 0.15) is 12.8 Å². The van der Waals surface area contributed by atoms with Crippen molar-refractivity contribution in [3.8, 4) is 0 Å². The van der Waals surface area contributed by atoms with Gasteiger partial charge in [0.25, 0.3) is 0 Å². The van der Waals surface area contributed by atoms with Gasteiger partial charge in [-0.25, -0.2) is 0 Å². The van der Waals surface area contributed by atoms with Gasteiger partial charge in [0, 0.05) is 24.0 Å². The molecule has 4 nitrogen and oxygen atoms in total. The molecule has 5 heteroatoms. The maximum atomic E-state index is 5.77. The highest BCUT2D eigenvalue weighted by atomic mass is 32.2. The summed E-state index contributed by atoms with van der Waals surface area (Å²) >= 11 is 1.95. The molecule has 2 heterocycles. The molecular formula is C10H20N2O2S. The van der Waals surface area contributed by atoms with Crippen LogP contribution in [-0.4, -0.2) is 43.5 Å². The number of hydrogen-bond acceptors (Lipinski definition) is 5. The molecule has 0 aromatic rings. The molecule has 2 fully saturated rings. The van der Waals surface area contributed by atoms with E-state index in [9.17, 15) is 0 Å². The van der Waals surface area contributed by atoms with E-state index in [4.69, 9.17) is 15.3 Å². The lowest BCUT2D eigenvalue weighted by atomic mass is 9.91. The van der Waals surface area contributed by atoms with Crippen LogP contribution < -0.4 is 11.3 Å². The summed E-state index contributed by atoms with van der Waals surface area (Å²) < 4.78 is 11.3. The minimum atomic E-state index is 0.248. The molecule has 0 saturated carbocycles. The Balaban J connectivity index is 1.88. The molecule has 0 amide bonds. The highest BCUT2D eigenvalue weighted by molar-refractivity contribution is 7.99. The zero-order valence-electron chi connectivity index (χ0n) is 8.98. The van der Waals surface area contributed by atoms with Crippen LogP contribution in [0.2, 0.25) is 0 Å². The summed E-state index contributed by atoms with van der Waals surface area (Å²) in [6.07, 6.45) is 2.59. The lowest BCUT2D eigenvalue weighted by Crippen LogP contribution is -2.53. The topological polar surface area (TPSA) is 56.5 Å². The average Bonchev–Trinajstić information content (AvgIpc) is 2.33. The van der Waals surface area contributed by atoms with Crippen LogP contribution in [-0.2, 0) is 9.47 Å². The van der Waals surface area contributed by atoms with Gasteiger partial charge in [0.15, 0.2) is 0 Å². The SMILES string of the molecule is NNC(C1CCCOC1)C1CSCCO1. The fraction of sp³-hybridized carbons (Fsp3) is 1.00. The predicted octanol–water partition coefficient (Wildman–Crippen LogP) is 0.377. The van der Waals surface area contributed by atoms with E-state index in [-0.39, 0.29) is 12.1 Å². The van der Waals surface area contributed by atoms with Crippen molar-refractivity contribution in [1.82, 2.24) is 5.43 Å². The van der Waals surface area contributed by atoms with Gasteiger partial charge in [0.05, 0.1) is 25.4 Å². The first-order valence-electron chi connectivity index (χ1n) is 5.65. The third-order valence-electron chi connectivity index (χ3n) is 3.14. The third-order valence-corrected chi connectivity index (χ3v) is 4.16. The standard InChI is InChI=1S/C10H20N2O2S/c11-12-10(8-2-1-3-13-6-8)9-7-15-5-4-14-9/h8-10,12H,1-7,11H2. The summed E-state index contributed by atoms with van der Waals surface area (Å²) in [5.41, 5.74) is 2.92. The fourth-order valence-corrected chi connectivity index (χ4v) is 3.23. The van der Waals surface area contributed by atoms with E-state index in [1.165, 1.54) is 6.42 Å². The summed E-state index contributed by atoms with van der Waals surface area (Å²) in [5, 5.41) is 0. The van der Waals surface area contributed by atoms with Crippen LogP contribution in [0.25, 0.3) is 0 Å². The van der Waals surface area contributed by atoms with E-state index in [1.54, 1.807) is 0 Å². The third kappa shape index (κ3) is 3.07. The molecule has 3 unspecified atom stereocenters. The van der Waals surface area contributed by atoms with Crippen LogP contribution in [0.5, 0.6) is 0 Å². The van der Waals surface area contributed by atoms with Crippen LogP contribution >= 0.6 is 11.8 Å². The quantitative estimate of drug-likeness (QED) is 0.544. The zero-order chi connectivity index (χ0) is 10.5. The van der Waals surface area contributed by atoms with Crippen LogP contribution in [0, 0.1) is 5.92 Å². The van der Waals surface area contributed by atoms with Crippen molar-refractivity contribution in [1.29, 1.82) is 0 Å². The monoisotopic (exact) mass is 232 g/mol. The van der Waals surface area contributed by atoms with Crippen LogP contribution in [0.3, 0.4) is 0 Å². The van der Waals surface area contributed by atoms with E-state index >= 15 is 0 Å². The number of rotatable bonds is 3. The smallest absolute Gasteiger partial charge is 0.0835 e. The second-order valence-corrected chi connectivity index (χ2v) is 5.30. The van der Waals surface area contributed by atoms with Gasteiger partial charge in [0.2, 0.25) is 0 Å². The predicted molar refractivity (Wildman–Crippen MR) is 61.7 cm³/mol. The summed E-state index contributed by atoms with van der Waals surface area (Å²) in [5.74, 6) is 8.30. The van der Waals surface area contributed by atoms with Gasteiger partial charge in [-0.2, -0.15) is 11.8 Å². The highest BCUT2D eigenvalue weighted by Crippen LogP contribution is 2.24. The Bertz CT molecular complexity index is 164. The largest absolute Gasteiger partial charge is 0.381 e. The molecule has 0 radical (unpaired) electrons. The first kappa shape index (κ1) is 11.7. The zero-order valence-corrected chi connectivity index (χ0v) is 9.80. The van der Waals surface area contributed by atoms with Gasteiger partial charge in [-0.3, -0.25) is 11.3 Å². The van der Waals surface area contributed by atoms with Crippen molar-refractivity contribution in [2.24, 2.45) is 11.8 Å². The molecular weight excluding hydrogens is 212 g/mol. The Morgan fingerprint density at radius 1 is 1.40 bits per heavy atom. The Kier molecular flexibility index (Phi) is 4.71. The molecule has 2 saturated heterocycles. The molecule has 0 aliphatic carbocycles. The van der Waals surface area contributed by atoms with E-state index in [0.29, 0.717) is 5.92 Å². The first-order valence-corrected chi connectivity index (χ1v) is 6.80. The van der Waals surface area contributed by atoms with E-state index in [1.807, 2.05) is 11.8 Å². The van der Waals surface area contributed by atoms with Gasteiger partial charge in [-0.1, -0.05) is 0 Å². The maximum Gasteiger partial charge on any atom is 0.0835 e. The van der Waals surface area contributed by atoms with Crippen molar-refractivity contribution >= 4 is 11.8 Å². The first-order chi connectivity index (χ1) is 7.42. The molecule has 2 rings (SSSR count). The normalized spacial score (nSPS) is 35.0. The van der Waals surface area contributed by atoms with Crippen molar-refractivity contribution in [2.45, 2.75) is 25.0 Å². The minimum absolute atomic E-state index is 0.248. The fourth-order valence-electron chi connectivity index (χ4n) is 2.31. The molecule has 3 atom stereocenters. The van der Waals surface area contributed by atoms with Crippen molar-refractivity contribution in [2.75, 3.05) is 31.3 Å². The molecule has 0 aromatic heterocycles. The second kappa shape index (κ2) is 6.06. The average molecular weight is 232 g/mol. The van der Waals surface area contributed by atoms with Crippen LogP contribution in [0.4, 0.5) is 0 Å². The molecule has 2 aliphatic heterocycles. The summed E-state index contributed by atoms with van der Waals surface area (Å²) in [6, 6.07) is 0.248. The molecule has 3 N–H and O–H groups in total. The Morgan fingerprint density at radius 2 is 2.33 bits per heavy atom. The highest BCUT2D eigenvalue weighted by Gasteiger charge is 2.32. The van der Waals surface area contributed by atoms with E-state index in [2.05, 4.69) is 5.43 Å². The number of nitrogens with two attached hydrogens (primary N) is 1. The maximum absolute atomic E-state index is 5.77. The van der Waals surface area contributed by atoms with Crippen molar-refractivity contribution < 1.29 is 9.47 Å². The Morgan fingerprint density at radius 3 is 2.93 bits per heavy atom. The van der Waals surface area contributed by atoms with Crippen molar-refractivity contribution in [3.63, 3.8) is 0 Å². The molecule has 2 aliphatic rings. The molecule has 0 aromatic carbocycles. The van der Waals surface area contributed by atoms with E-state index < -0.39 is 0 Å². The minimum Gasteiger partial charge on any atom is -0.381 e. The number of hydrazine groups is 1. The lowest BCUT2D eigenvalue weighted by molar-refractivity contribution is -0.0156. The molecule has 0 bridgehead atoms. The van der Waals surface area contributed by atoms with Gasteiger partial charge in [0.1, 0.15) is 0 Å². The summed E-state index contributed by atoms with van der Waals surface area (Å²) in [6.45, 7) is 2.56. The van der Waals surface area contributed by atoms with Gasteiger partial charge in [-0.05, 0) is 12.8 Å².